The van der Waals surface area contributed by atoms with Crippen molar-refractivity contribution in [3.8, 4) is 0 Å². The van der Waals surface area contributed by atoms with Crippen LogP contribution in [0, 0.1) is 0 Å². The van der Waals surface area contributed by atoms with E-state index >= 15 is 0 Å². The van der Waals surface area contributed by atoms with Crippen molar-refractivity contribution in [3.63, 3.8) is 0 Å². The van der Waals surface area contributed by atoms with E-state index in [0.29, 0.717) is 6.54 Å². The topological polar surface area (TPSA) is 57.3 Å². The molecule has 5 nitrogen and oxygen atoms in total. The maximum Gasteiger partial charge on any atom is 0.239 e. The number of likely N-dealkylation sites (N-methyl/N-ethyl adjacent to an activating group) is 1. The van der Waals surface area contributed by atoms with Gasteiger partial charge >= 0.3 is 0 Å². The van der Waals surface area contributed by atoms with Gasteiger partial charge in [0.2, 0.25) is 5.91 Å². The van der Waals surface area contributed by atoms with Gasteiger partial charge in [-0.05, 0) is 26.8 Å². The molecule has 0 bridgehead atoms. The van der Waals surface area contributed by atoms with Crippen LogP contribution in [0.4, 0.5) is 11.5 Å². The van der Waals surface area contributed by atoms with Crippen LogP contribution in [0.3, 0.4) is 0 Å². The van der Waals surface area contributed by atoms with E-state index in [1.807, 2.05) is 44.9 Å². The molecule has 18 heavy (non-hydrogen) atoms. The maximum absolute atomic E-state index is 11.7. The Hall–Kier alpha value is -1.78. The smallest absolute Gasteiger partial charge is 0.239 e. The first-order valence-corrected chi connectivity index (χ1v) is 6.23. The third-order valence-corrected chi connectivity index (χ3v) is 2.37. The van der Waals surface area contributed by atoms with Gasteiger partial charge in [0.25, 0.3) is 0 Å². The van der Waals surface area contributed by atoms with E-state index in [9.17, 15) is 4.79 Å². The lowest BCUT2D eigenvalue weighted by Crippen LogP contribution is -2.38. The van der Waals surface area contributed by atoms with Crippen LogP contribution in [0.2, 0.25) is 0 Å². The summed E-state index contributed by atoms with van der Waals surface area (Å²) < 4.78 is 0. The van der Waals surface area contributed by atoms with Gasteiger partial charge in [-0.1, -0.05) is 0 Å². The molecule has 1 heterocycles. The number of pyridine rings is 1. The fourth-order valence-corrected chi connectivity index (χ4v) is 1.61. The Morgan fingerprint density at radius 2 is 2.22 bits per heavy atom. The molecular formula is C13H22N4O. The van der Waals surface area contributed by atoms with Gasteiger partial charge in [-0.25, -0.2) is 4.98 Å². The molecule has 0 saturated heterocycles. The van der Waals surface area contributed by atoms with E-state index in [1.54, 1.807) is 6.20 Å². The van der Waals surface area contributed by atoms with Crippen LogP contribution in [0.25, 0.3) is 0 Å². The van der Waals surface area contributed by atoms with Crippen LogP contribution in [0.1, 0.15) is 20.8 Å². The Kier molecular flexibility index (Phi) is 5.42. The lowest BCUT2D eigenvalue weighted by Gasteiger charge is -2.20. The Bertz CT molecular complexity index is 392. The van der Waals surface area contributed by atoms with E-state index < -0.39 is 0 Å². The van der Waals surface area contributed by atoms with Crippen LogP contribution >= 0.6 is 0 Å². The van der Waals surface area contributed by atoms with Crippen molar-refractivity contribution in [3.05, 3.63) is 18.3 Å². The van der Waals surface area contributed by atoms with Crippen LogP contribution in [0.15, 0.2) is 18.3 Å². The molecule has 100 valence electrons. The summed E-state index contributed by atoms with van der Waals surface area (Å²) in [6.45, 7) is 7.09. The summed E-state index contributed by atoms with van der Waals surface area (Å²) in [6, 6.07) is 4.00. The summed E-state index contributed by atoms with van der Waals surface area (Å²) in [5.41, 5.74) is 0.972. The van der Waals surface area contributed by atoms with Gasteiger partial charge in [0.1, 0.15) is 5.82 Å². The monoisotopic (exact) mass is 250 g/mol. The second-order valence-electron chi connectivity index (χ2n) is 4.51. The van der Waals surface area contributed by atoms with Gasteiger partial charge in [0, 0.05) is 37.6 Å². The van der Waals surface area contributed by atoms with Crippen LogP contribution in [-0.2, 0) is 4.79 Å². The molecular weight excluding hydrogens is 228 g/mol. The summed E-state index contributed by atoms with van der Waals surface area (Å²) in [5.74, 6) is 0.848. The lowest BCUT2D eigenvalue weighted by atomic mass is 10.3. The Balaban J connectivity index is 2.63. The standard InChI is InChI=1S/C13H22N4O/c1-5-14-12-8-11(6-7-15-12)17(4)9-13(18)16-10(2)3/h6-8,10H,5,9H2,1-4H3,(H,14,15)(H,16,18). The second-order valence-corrected chi connectivity index (χ2v) is 4.51. The number of carbonyl (C=O) groups excluding carboxylic acids is 1. The Labute approximate surface area is 109 Å². The molecule has 1 amide bonds. The van der Waals surface area contributed by atoms with Crippen molar-refractivity contribution in [2.45, 2.75) is 26.8 Å². The number of nitrogens with one attached hydrogen (secondary N) is 2. The number of nitrogens with zero attached hydrogens (tertiary/aromatic N) is 2. The van der Waals surface area contributed by atoms with Gasteiger partial charge < -0.3 is 15.5 Å². The first kappa shape index (κ1) is 14.3. The number of hydrogen-bond acceptors (Lipinski definition) is 4. The highest BCUT2D eigenvalue weighted by Gasteiger charge is 2.08. The molecule has 0 aromatic carbocycles. The zero-order valence-electron chi connectivity index (χ0n) is 11.5. The van der Waals surface area contributed by atoms with E-state index in [-0.39, 0.29) is 11.9 Å². The van der Waals surface area contributed by atoms with Crippen molar-refractivity contribution < 1.29 is 4.79 Å². The predicted octanol–water partition coefficient (Wildman–Crippen LogP) is 1.47. The third-order valence-electron chi connectivity index (χ3n) is 2.37. The Morgan fingerprint density at radius 3 is 2.83 bits per heavy atom. The molecule has 1 aromatic rings. The molecule has 1 rings (SSSR count). The first-order chi connectivity index (χ1) is 8.52. The summed E-state index contributed by atoms with van der Waals surface area (Å²) in [5, 5.41) is 6.02. The van der Waals surface area contributed by atoms with Gasteiger partial charge in [-0.3, -0.25) is 4.79 Å². The number of aromatic nitrogens is 1. The molecule has 0 unspecified atom stereocenters. The minimum Gasteiger partial charge on any atom is -0.370 e. The highest BCUT2D eigenvalue weighted by atomic mass is 16.2. The average Bonchev–Trinajstić information content (AvgIpc) is 2.28. The van der Waals surface area contributed by atoms with Gasteiger partial charge in [-0.15, -0.1) is 0 Å². The number of anilines is 2. The molecule has 0 aliphatic carbocycles. The zero-order chi connectivity index (χ0) is 13.5. The summed E-state index contributed by atoms with van der Waals surface area (Å²) >= 11 is 0. The molecule has 2 N–H and O–H groups in total. The van der Waals surface area contributed by atoms with Crippen molar-refractivity contribution in [2.24, 2.45) is 0 Å². The fraction of sp³-hybridized carbons (Fsp3) is 0.538. The second kappa shape index (κ2) is 6.83. The van der Waals surface area contributed by atoms with Crippen LogP contribution < -0.4 is 15.5 Å². The molecule has 0 fully saturated rings. The normalized spacial score (nSPS) is 10.3. The van der Waals surface area contributed by atoms with Gasteiger partial charge in [-0.2, -0.15) is 0 Å². The minimum atomic E-state index is 0.0225. The third kappa shape index (κ3) is 4.61. The lowest BCUT2D eigenvalue weighted by molar-refractivity contribution is -0.120. The van der Waals surface area contributed by atoms with Crippen molar-refractivity contribution in [1.82, 2.24) is 10.3 Å². The van der Waals surface area contributed by atoms with Gasteiger partial charge in [0.15, 0.2) is 0 Å². The highest BCUT2D eigenvalue weighted by molar-refractivity contribution is 5.81. The molecule has 0 aliphatic rings. The predicted molar refractivity (Wildman–Crippen MR) is 74.9 cm³/mol. The van der Waals surface area contributed by atoms with E-state index in [2.05, 4.69) is 15.6 Å². The van der Waals surface area contributed by atoms with E-state index in [1.165, 1.54) is 0 Å². The molecule has 1 aromatic heterocycles. The molecule has 0 atom stereocenters. The van der Waals surface area contributed by atoms with E-state index in [4.69, 9.17) is 0 Å². The Morgan fingerprint density at radius 1 is 1.50 bits per heavy atom. The fourth-order valence-electron chi connectivity index (χ4n) is 1.61. The SMILES string of the molecule is CCNc1cc(N(C)CC(=O)NC(C)C)ccn1. The van der Waals surface area contributed by atoms with Crippen molar-refractivity contribution in [1.29, 1.82) is 0 Å². The van der Waals surface area contributed by atoms with E-state index in [0.717, 1.165) is 18.1 Å². The maximum atomic E-state index is 11.7. The molecule has 0 radical (unpaired) electrons. The molecule has 0 aliphatic heterocycles. The van der Waals surface area contributed by atoms with Crippen LogP contribution in [0.5, 0.6) is 0 Å². The quantitative estimate of drug-likeness (QED) is 0.803. The zero-order valence-corrected chi connectivity index (χ0v) is 11.5. The largest absolute Gasteiger partial charge is 0.370 e. The molecule has 0 saturated carbocycles. The minimum absolute atomic E-state index is 0.0225. The summed E-state index contributed by atoms with van der Waals surface area (Å²) in [4.78, 5) is 17.8. The first-order valence-electron chi connectivity index (χ1n) is 6.23. The molecule has 0 spiro atoms. The number of hydrogen-bond donors (Lipinski definition) is 2. The number of rotatable bonds is 6. The summed E-state index contributed by atoms with van der Waals surface area (Å²) in [7, 11) is 1.89. The van der Waals surface area contributed by atoms with Crippen molar-refractivity contribution in [2.75, 3.05) is 30.4 Å². The highest BCUT2D eigenvalue weighted by Crippen LogP contribution is 2.15. The number of carbonyl (C=O) groups is 1. The van der Waals surface area contributed by atoms with Crippen LogP contribution in [-0.4, -0.2) is 37.1 Å². The average molecular weight is 250 g/mol. The molecule has 5 heteroatoms. The van der Waals surface area contributed by atoms with Gasteiger partial charge in [0.05, 0.1) is 6.54 Å². The number of amides is 1. The summed E-state index contributed by atoms with van der Waals surface area (Å²) in [6.07, 6.45) is 1.74. The van der Waals surface area contributed by atoms with Crippen molar-refractivity contribution >= 4 is 17.4 Å².